The molecule has 1 heterocycles. The van der Waals surface area contributed by atoms with Crippen LogP contribution in [0.4, 0.5) is 0 Å². The monoisotopic (exact) mass is 518 g/mol. The van der Waals surface area contributed by atoms with Gasteiger partial charge >= 0.3 is 0 Å². The minimum absolute atomic E-state index is 0.487. The van der Waals surface area contributed by atoms with E-state index < -0.39 is 16.1 Å². The summed E-state index contributed by atoms with van der Waals surface area (Å²) >= 11 is 0. The molecule has 0 aliphatic heterocycles. The summed E-state index contributed by atoms with van der Waals surface area (Å²) in [6.45, 7) is 17.0. The fraction of sp³-hybridized carbons (Fsp3) is 0.467. The third-order valence-electron chi connectivity index (χ3n) is 6.48. The number of benzene rings is 2. The molecule has 0 saturated carbocycles. The zero-order valence-electron chi connectivity index (χ0n) is 23.2. The van der Waals surface area contributed by atoms with E-state index in [1.54, 1.807) is 0 Å². The van der Waals surface area contributed by atoms with Gasteiger partial charge in [0.25, 0.3) is 0 Å². The Kier molecular flexibility index (Phi) is 9.37. The first kappa shape index (κ1) is 28.0. The number of terminal acetylenes is 1. The van der Waals surface area contributed by atoms with Gasteiger partial charge in [0, 0.05) is 11.1 Å². The highest BCUT2D eigenvalue weighted by Gasteiger charge is 2.28. The van der Waals surface area contributed by atoms with Crippen molar-refractivity contribution in [2.45, 2.75) is 84.7 Å². The normalized spacial score (nSPS) is 11.9. The first-order chi connectivity index (χ1) is 17.0. The maximum atomic E-state index is 6.19. The molecule has 0 radical (unpaired) electrons. The maximum Gasteiger partial charge on any atom is 0.249 e. The van der Waals surface area contributed by atoms with Crippen LogP contribution in [0, 0.1) is 12.3 Å². The lowest BCUT2D eigenvalue weighted by Crippen LogP contribution is -2.46. The van der Waals surface area contributed by atoms with Crippen LogP contribution in [0.5, 0.6) is 5.75 Å². The minimum Gasteiger partial charge on any atom is -0.494 e. The average Bonchev–Trinajstić information content (AvgIpc) is 3.32. The van der Waals surface area contributed by atoms with Crippen LogP contribution in [0.3, 0.4) is 0 Å². The molecule has 0 amide bonds. The van der Waals surface area contributed by atoms with Gasteiger partial charge in [-0.15, -0.1) is 16.6 Å². The van der Waals surface area contributed by atoms with Gasteiger partial charge in [-0.25, -0.2) is 0 Å². The van der Waals surface area contributed by atoms with Crippen LogP contribution in [0.1, 0.15) is 51.0 Å². The van der Waals surface area contributed by atoms with Gasteiger partial charge in [-0.1, -0.05) is 95.5 Å². The molecule has 192 valence electrons. The Balaban J connectivity index is 1.79. The molecule has 0 fully saturated rings. The maximum absolute atomic E-state index is 6.19. The predicted molar refractivity (Wildman–Crippen MR) is 158 cm³/mol. The zero-order chi connectivity index (χ0) is 26.3. The summed E-state index contributed by atoms with van der Waals surface area (Å²) in [5.41, 5.74) is 2.65. The largest absolute Gasteiger partial charge is 0.494 e. The lowest BCUT2D eigenvalue weighted by atomic mass is 10.1. The first-order valence-corrected chi connectivity index (χ1v) is 20.3. The highest BCUT2D eigenvalue weighted by Crippen LogP contribution is 2.28. The number of unbranched alkanes of at least 4 members (excludes halogenated alkanes) is 5. The molecule has 3 rings (SSSR count). The van der Waals surface area contributed by atoms with Gasteiger partial charge in [0.1, 0.15) is 5.75 Å². The minimum atomic E-state index is -1.68. The van der Waals surface area contributed by atoms with Crippen LogP contribution in [0.15, 0.2) is 40.8 Å². The molecule has 0 spiro atoms. The number of hydrogen-bond acceptors (Lipinski definition) is 4. The summed E-state index contributed by atoms with van der Waals surface area (Å²) in [6.07, 6.45) is 13.6. The first-order valence-electron chi connectivity index (χ1n) is 13.3. The standard InChI is InChI=1S/C30H42N2O2Si2/c1-9-11-12-13-14-15-20-33-24-18-16-23(17-19-24)29-31-32-30(34-29)27-21-25(35(3,4)5)22-28(26(27)10-2)36(6,7)8/h2,16-19,21-22H,9,11-15,20H2,1,3-8H3. The van der Waals surface area contributed by atoms with Crippen LogP contribution in [-0.2, 0) is 0 Å². The van der Waals surface area contributed by atoms with E-state index in [2.05, 4.69) is 74.5 Å². The quantitative estimate of drug-likeness (QED) is 0.144. The molecule has 0 aliphatic rings. The molecule has 0 saturated heterocycles. The lowest BCUT2D eigenvalue weighted by molar-refractivity contribution is 0.304. The summed E-state index contributed by atoms with van der Waals surface area (Å²) in [4.78, 5) is 0. The fourth-order valence-corrected chi connectivity index (χ4v) is 7.05. The van der Waals surface area contributed by atoms with Gasteiger partial charge in [-0.2, -0.15) is 0 Å². The smallest absolute Gasteiger partial charge is 0.249 e. The summed E-state index contributed by atoms with van der Waals surface area (Å²) < 4.78 is 12.1. The summed E-state index contributed by atoms with van der Waals surface area (Å²) in [5, 5.41) is 11.4. The Morgan fingerprint density at radius 3 is 2.08 bits per heavy atom. The molecular formula is C30H42N2O2Si2. The molecular weight excluding hydrogens is 477 g/mol. The topological polar surface area (TPSA) is 48.2 Å². The van der Waals surface area contributed by atoms with Gasteiger partial charge in [0.15, 0.2) is 0 Å². The Hall–Kier alpha value is -2.63. The Labute approximate surface area is 219 Å². The van der Waals surface area contributed by atoms with Crippen molar-refractivity contribution < 1.29 is 9.15 Å². The Bertz CT molecular complexity index is 1180. The SMILES string of the molecule is C#Cc1c(-c2nnc(-c3ccc(OCCCCCCCC)cc3)o2)cc([Si](C)(C)C)cc1[Si](C)(C)C. The van der Waals surface area contributed by atoms with Crippen molar-refractivity contribution in [2.75, 3.05) is 6.61 Å². The number of rotatable bonds is 12. The molecule has 0 atom stereocenters. The highest BCUT2D eigenvalue weighted by atomic mass is 28.3. The Morgan fingerprint density at radius 2 is 1.47 bits per heavy atom. The second-order valence-corrected chi connectivity index (χ2v) is 21.8. The molecule has 36 heavy (non-hydrogen) atoms. The van der Waals surface area contributed by atoms with Crippen molar-refractivity contribution >= 4 is 26.5 Å². The van der Waals surface area contributed by atoms with E-state index in [4.69, 9.17) is 15.6 Å². The predicted octanol–water partition coefficient (Wildman–Crippen LogP) is 7.21. The third-order valence-corrected chi connectivity index (χ3v) is 10.5. The molecule has 4 nitrogen and oxygen atoms in total. The van der Waals surface area contributed by atoms with Gasteiger partial charge in [-0.05, 0) is 41.9 Å². The van der Waals surface area contributed by atoms with E-state index in [0.717, 1.165) is 35.5 Å². The molecule has 0 unspecified atom stereocenters. The van der Waals surface area contributed by atoms with Crippen molar-refractivity contribution in [3.05, 3.63) is 42.0 Å². The van der Waals surface area contributed by atoms with E-state index in [0.29, 0.717) is 11.8 Å². The van der Waals surface area contributed by atoms with Crippen molar-refractivity contribution in [3.8, 4) is 41.0 Å². The van der Waals surface area contributed by atoms with Gasteiger partial charge < -0.3 is 9.15 Å². The number of hydrogen-bond donors (Lipinski definition) is 0. The number of nitrogens with zero attached hydrogens (tertiary/aromatic N) is 2. The second kappa shape index (κ2) is 12.1. The summed E-state index contributed by atoms with van der Waals surface area (Å²) in [6, 6.07) is 12.4. The molecule has 0 N–H and O–H groups in total. The van der Waals surface area contributed by atoms with Crippen molar-refractivity contribution in [1.29, 1.82) is 0 Å². The van der Waals surface area contributed by atoms with Crippen molar-refractivity contribution in [1.82, 2.24) is 10.2 Å². The van der Waals surface area contributed by atoms with Gasteiger partial charge in [-0.3, -0.25) is 0 Å². The van der Waals surface area contributed by atoms with Crippen molar-refractivity contribution in [3.63, 3.8) is 0 Å². The van der Waals surface area contributed by atoms with Crippen LogP contribution in [0.25, 0.3) is 22.9 Å². The molecule has 3 aromatic rings. The van der Waals surface area contributed by atoms with E-state index in [1.807, 2.05) is 24.3 Å². The molecule has 2 aromatic carbocycles. The number of ether oxygens (including phenoxy) is 1. The zero-order valence-corrected chi connectivity index (χ0v) is 25.2. The second-order valence-electron chi connectivity index (χ2n) is 11.6. The molecule has 6 heteroatoms. The van der Waals surface area contributed by atoms with Crippen molar-refractivity contribution in [2.24, 2.45) is 0 Å². The summed E-state index contributed by atoms with van der Waals surface area (Å²) in [5.74, 6) is 4.79. The van der Waals surface area contributed by atoms with E-state index >= 15 is 0 Å². The van der Waals surface area contributed by atoms with Crippen LogP contribution >= 0.6 is 0 Å². The summed E-state index contributed by atoms with van der Waals surface area (Å²) in [7, 11) is -3.26. The van der Waals surface area contributed by atoms with E-state index in [-0.39, 0.29) is 0 Å². The number of aromatic nitrogens is 2. The van der Waals surface area contributed by atoms with Crippen LogP contribution in [0.2, 0.25) is 39.3 Å². The Morgan fingerprint density at radius 1 is 0.833 bits per heavy atom. The van der Waals surface area contributed by atoms with E-state index in [1.165, 1.54) is 42.5 Å². The molecule has 0 aliphatic carbocycles. The third kappa shape index (κ3) is 7.21. The lowest BCUT2D eigenvalue weighted by Gasteiger charge is -2.25. The van der Waals surface area contributed by atoms with Gasteiger partial charge in [0.2, 0.25) is 11.8 Å². The van der Waals surface area contributed by atoms with Crippen LogP contribution < -0.4 is 15.1 Å². The average molecular weight is 519 g/mol. The molecule has 0 bridgehead atoms. The van der Waals surface area contributed by atoms with Crippen LogP contribution in [-0.4, -0.2) is 33.0 Å². The highest BCUT2D eigenvalue weighted by molar-refractivity contribution is 6.92. The fourth-order valence-electron chi connectivity index (χ4n) is 4.21. The van der Waals surface area contributed by atoms with Gasteiger partial charge in [0.05, 0.1) is 28.3 Å². The van der Waals surface area contributed by atoms with E-state index in [9.17, 15) is 0 Å². The molecule has 1 aromatic heterocycles.